The first kappa shape index (κ1) is 12.6. The molecule has 2 aromatic rings. The van der Waals surface area contributed by atoms with Gasteiger partial charge in [-0.2, -0.15) is 5.06 Å². The molecule has 1 N–H and O–H groups in total. The van der Waals surface area contributed by atoms with Gasteiger partial charge in [0.25, 0.3) is 0 Å². The van der Waals surface area contributed by atoms with Gasteiger partial charge in [0.15, 0.2) is 0 Å². The van der Waals surface area contributed by atoms with E-state index in [1.807, 2.05) is 0 Å². The van der Waals surface area contributed by atoms with Crippen LogP contribution >= 0.6 is 15.9 Å². The van der Waals surface area contributed by atoms with Gasteiger partial charge in [-0.3, -0.25) is 0 Å². The zero-order chi connectivity index (χ0) is 13.9. The van der Waals surface area contributed by atoms with Crippen molar-refractivity contribution in [2.45, 2.75) is 31.3 Å². The Hall–Kier alpha value is -1.16. The van der Waals surface area contributed by atoms with Crippen molar-refractivity contribution in [2.24, 2.45) is 0 Å². The van der Waals surface area contributed by atoms with Crippen LogP contribution in [0, 0.1) is 0 Å². The molecule has 0 aromatic heterocycles. The molecule has 2 aliphatic rings. The molecule has 2 nitrogen and oxygen atoms in total. The van der Waals surface area contributed by atoms with E-state index >= 15 is 0 Å². The van der Waals surface area contributed by atoms with Crippen LogP contribution in [-0.2, 0) is 18.4 Å². The van der Waals surface area contributed by atoms with E-state index in [1.54, 1.807) is 5.06 Å². The van der Waals surface area contributed by atoms with Crippen molar-refractivity contribution < 1.29 is 5.21 Å². The summed E-state index contributed by atoms with van der Waals surface area (Å²) in [6, 6.07) is 15.0. The Balaban J connectivity index is 1.95. The van der Waals surface area contributed by atoms with E-state index in [2.05, 4.69) is 65.3 Å². The van der Waals surface area contributed by atoms with Crippen LogP contribution in [0.5, 0.6) is 0 Å². The number of hydrogen-bond donors (Lipinski definition) is 1. The Labute approximate surface area is 127 Å². The molecule has 0 spiro atoms. The molecule has 2 heterocycles. The third-order valence-electron chi connectivity index (χ3n) is 4.82. The molecule has 20 heavy (non-hydrogen) atoms. The maximum atomic E-state index is 10.8. The molecule has 2 unspecified atom stereocenters. The SMILES string of the molecule is CC12Cc3ccccc3CC(c3cc(Br)ccc31)N2O. The second-order valence-corrected chi connectivity index (χ2v) is 6.93. The number of fused-ring (bicyclic) bond motifs is 6. The van der Waals surface area contributed by atoms with Gasteiger partial charge in [0.1, 0.15) is 0 Å². The van der Waals surface area contributed by atoms with Crippen molar-refractivity contribution >= 4 is 15.9 Å². The van der Waals surface area contributed by atoms with E-state index in [4.69, 9.17) is 0 Å². The highest BCUT2D eigenvalue weighted by molar-refractivity contribution is 9.10. The van der Waals surface area contributed by atoms with Crippen LogP contribution in [0.1, 0.15) is 35.2 Å². The van der Waals surface area contributed by atoms with Gasteiger partial charge in [-0.1, -0.05) is 46.3 Å². The molecule has 2 aliphatic heterocycles. The standard InChI is InChI=1S/C17H16BrNO/c1-17-10-12-5-3-2-4-11(12)8-16(19(17)20)14-9-13(18)6-7-15(14)17/h2-7,9,16,20H,8,10H2,1H3. The lowest BCUT2D eigenvalue weighted by atomic mass is 9.82. The average molecular weight is 330 g/mol. The molecule has 3 heteroatoms. The summed E-state index contributed by atoms with van der Waals surface area (Å²) in [4.78, 5) is 0. The van der Waals surface area contributed by atoms with E-state index in [1.165, 1.54) is 22.3 Å². The van der Waals surface area contributed by atoms with Crippen molar-refractivity contribution in [1.82, 2.24) is 5.06 Å². The molecular weight excluding hydrogens is 314 g/mol. The maximum Gasteiger partial charge on any atom is 0.0731 e. The van der Waals surface area contributed by atoms with Gasteiger partial charge in [-0.15, -0.1) is 0 Å². The van der Waals surface area contributed by atoms with Crippen molar-refractivity contribution in [3.05, 3.63) is 69.2 Å². The summed E-state index contributed by atoms with van der Waals surface area (Å²) in [7, 11) is 0. The van der Waals surface area contributed by atoms with Crippen LogP contribution in [0.25, 0.3) is 0 Å². The molecule has 0 saturated carbocycles. The molecule has 4 rings (SSSR count). The van der Waals surface area contributed by atoms with E-state index in [9.17, 15) is 5.21 Å². The Morgan fingerprint density at radius 3 is 2.75 bits per heavy atom. The molecule has 2 atom stereocenters. The Morgan fingerprint density at radius 2 is 1.95 bits per heavy atom. The fourth-order valence-electron chi connectivity index (χ4n) is 3.78. The lowest BCUT2D eigenvalue weighted by molar-refractivity contribution is -0.188. The van der Waals surface area contributed by atoms with Crippen molar-refractivity contribution in [1.29, 1.82) is 0 Å². The topological polar surface area (TPSA) is 23.5 Å². The van der Waals surface area contributed by atoms with Gasteiger partial charge in [0.2, 0.25) is 0 Å². The first-order chi connectivity index (χ1) is 9.59. The summed E-state index contributed by atoms with van der Waals surface area (Å²) in [6.07, 6.45) is 1.72. The van der Waals surface area contributed by atoms with Crippen LogP contribution in [0.15, 0.2) is 46.9 Å². The summed E-state index contributed by atoms with van der Waals surface area (Å²) in [6.45, 7) is 2.14. The van der Waals surface area contributed by atoms with Crippen molar-refractivity contribution in [3.63, 3.8) is 0 Å². The molecular formula is C17H16BrNO. The number of hydroxylamine groups is 2. The van der Waals surface area contributed by atoms with Crippen molar-refractivity contribution in [3.8, 4) is 0 Å². The number of nitrogens with zero attached hydrogens (tertiary/aromatic N) is 1. The smallest absolute Gasteiger partial charge is 0.0731 e. The van der Waals surface area contributed by atoms with Crippen LogP contribution < -0.4 is 0 Å². The summed E-state index contributed by atoms with van der Waals surface area (Å²) < 4.78 is 1.08. The number of halogens is 1. The normalized spacial score (nSPS) is 27.9. The highest BCUT2D eigenvalue weighted by Crippen LogP contribution is 2.51. The molecule has 0 amide bonds. The van der Waals surface area contributed by atoms with Crippen LogP contribution in [-0.4, -0.2) is 10.3 Å². The van der Waals surface area contributed by atoms with E-state index in [-0.39, 0.29) is 11.6 Å². The Morgan fingerprint density at radius 1 is 1.20 bits per heavy atom. The van der Waals surface area contributed by atoms with Gasteiger partial charge in [0, 0.05) is 4.47 Å². The van der Waals surface area contributed by atoms with Gasteiger partial charge < -0.3 is 5.21 Å². The van der Waals surface area contributed by atoms with E-state index < -0.39 is 0 Å². The zero-order valence-electron chi connectivity index (χ0n) is 11.3. The monoisotopic (exact) mass is 329 g/mol. The summed E-state index contributed by atoms with van der Waals surface area (Å²) >= 11 is 3.55. The minimum absolute atomic E-state index is 0.0520. The second-order valence-electron chi connectivity index (χ2n) is 6.02. The van der Waals surface area contributed by atoms with Gasteiger partial charge >= 0.3 is 0 Å². The fraction of sp³-hybridized carbons (Fsp3) is 0.294. The highest BCUT2D eigenvalue weighted by Gasteiger charge is 2.48. The quantitative estimate of drug-likeness (QED) is 0.782. The largest absolute Gasteiger partial charge is 0.313 e. The number of benzene rings is 2. The average Bonchev–Trinajstić information content (AvgIpc) is 2.55. The number of hydrogen-bond acceptors (Lipinski definition) is 2. The third kappa shape index (κ3) is 1.57. The third-order valence-corrected chi connectivity index (χ3v) is 5.31. The molecule has 2 aromatic carbocycles. The maximum absolute atomic E-state index is 10.8. The van der Waals surface area contributed by atoms with Gasteiger partial charge in [0.05, 0.1) is 11.6 Å². The van der Waals surface area contributed by atoms with Gasteiger partial charge in [-0.05, 0) is 54.2 Å². The molecule has 0 radical (unpaired) electrons. The van der Waals surface area contributed by atoms with Crippen molar-refractivity contribution in [2.75, 3.05) is 0 Å². The molecule has 2 bridgehead atoms. The number of rotatable bonds is 0. The first-order valence-electron chi connectivity index (χ1n) is 6.94. The molecule has 0 aliphatic carbocycles. The van der Waals surface area contributed by atoms with E-state index in [0.29, 0.717) is 0 Å². The second kappa shape index (κ2) is 4.17. The minimum Gasteiger partial charge on any atom is -0.313 e. The lowest BCUT2D eigenvalue weighted by Crippen LogP contribution is -2.38. The van der Waals surface area contributed by atoms with Crippen LogP contribution in [0.2, 0.25) is 0 Å². The molecule has 0 fully saturated rings. The lowest BCUT2D eigenvalue weighted by Gasteiger charge is -2.32. The van der Waals surface area contributed by atoms with Gasteiger partial charge in [-0.25, -0.2) is 0 Å². The predicted molar refractivity (Wildman–Crippen MR) is 81.7 cm³/mol. The molecule has 102 valence electrons. The predicted octanol–water partition coefficient (Wildman–Crippen LogP) is 4.21. The Bertz CT molecular complexity index is 699. The summed E-state index contributed by atoms with van der Waals surface area (Å²) in [5.41, 5.74) is 4.88. The molecule has 0 saturated heterocycles. The first-order valence-corrected chi connectivity index (χ1v) is 7.74. The van der Waals surface area contributed by atoms with E-state index in [0.717, 1.165) is 17.3 Å². The summed E-state index contributed by atoms with van der Waals surface area (Å²) in [5.74, 6) is 0. The minimum atomic E-state index is -0.326. The fourth-order valence-corrected chi connectivity index (χ4v) is 4.16. The Kier molecular flexibility index (Phi) is 2.62. The van der Waals surface area contributed by atoms with Crippen LogP contribution in [0.4, 0.5) is 0 Å². The summed E-state index contributed by atoms with van der Waals surface area (Å²) in [5, 5.41) is 12.3. The highest BCUT2D eigenvalue weighted by atomic mass is 79.9. The van der Waals surface area contributed by atoms with Crippen LogP contribution in [0.3, 0.4) is 0 Å². The zero-order valence-corrected chi connectivity index (χ0v) is 12.9.